The molecule has 3 aromatic carbocycles. The van der Waals surface area contributed by atoms with E-state index in [4.69, 9.17) is 21.6 Å². The molecule has 3 heteroatoms. The number of nitrogens with zero attached hydrogens (tertiary/aromatic N) is 2. The van der Waals surface area contributed by atoms with Crippen molar-refractivity contribution in [2.45, 2.75) is 0 Å². The fourth-order valence-corrected chi connectivity index (χ4v) is 2.82. The van der Waals surface area contributed by atoms with E-state index in [0.29, 0.717) is 0 Å². The maximum absolute atomic E-state index is 5.95. The van der Waals surface area contributed by atoms with Crippen LogP contribution in [0.2, 0.25) is 5.02 Å². The van der Waals surface area contributed by atoms with Crippen molar-refractivity contribution in [2.75, 3.05) is 0 Å². The Labute approximate surface area is 151 Å². The summed E-state index contributed by atoms with van der Waals surface area (Å²) in [6, 6.07) is 25.8. The number of hydrogen-bond donors (Lipinski definition) is 0. The fraction of sp³-hybridized carbons (Fsp3) is 0. The second kappa shape index (κ2) is 6.88. The van der Waals surface area contributed by atoms with Crippen molar-refractivity contribution in [3.05, 3.63) is 95.1 Å². The van der Waals surface area contributed by atoms with Gasteiger partial charge in [0.15, 0.2) is 5.82 Å². The first-order chi connectivity index (χ1) is 12.3. The largest absolute Gasteiger partial charge is 0.228 e. The fourth-order valence-electron chi connectivity index (χ4n) is 2.69. The molecule has 2 nitrogen and oxygen atoms in total. The van der Waals surface area contributed by atoms with Gasteiger partial charge in [0.25, 0.3) is 0 Å². The summed E-state index contributed by atoms with van der Waals surface area (Å²) in [6.07, 6.45) is 4.07. The first kappa shape index (κ1) is 15.6. The summed E-state index contributed by atoms with van der Waals surface area (Å²) < 4.78 is 0. The Hall–Kier alpha value is -2.97. The molecule has 0 aliphatic rings. The van der Waals surface area contributed by atoms with E-state index in [1.54, 1.807) is 0 Å². The topological polar surface area (TPSA) is 25.8 Å². The number of hydrogen-bond acceptors (Lipinski definition) is 2. The summed E-state index contributed by atoms with van der Waals surface area (Å²) in [4.78, 5) is 9.49. The normalized spacial score (nSPS) is 11.2. The molecule has 0 saturated carbocycles. The molecule has 0 fully saturated rings. The van der Waals surface area contributed by atoms with Crippen LogP contribution in [0, 0.1) is 0 Å². The van der Waals surface area contributed by atoms with Crippen molar-refractivity contribution in [1.29, 1.82) is 0 Å². The summed E-state index contributed by atoms with van der Waals surface area (Å²) in [6.45, 7) is 0. The molecule has 0 bridgehead atoms. The van der Waals surface area contributed by atoms with Crippen LogP contribution >= 0.6 is 11.6 Å². The lowest BCUT2D eigenvalue weighted by atomic mass is 10.1. The van der Waals surface area contributed by atoms with Crippen LogP contribution in [0.15, 0.2) is 78.9 Å². The lowest BCUT2D eigenvalue weighted by Crippen LogP contribution is -1.94. The summed E-state index contributed by atoms with van der Waals surface area (Å²) in [5, 5.41) is 1.77. The zero-order chi connectivity index (χ0) is 17.1. The average Bonchev–Trinajstić information content (AvgIpc) is 2.68. The monoisotopic (exact) mass is 342 g/mol. The molecule has 0 atom stereocenters. The van der Waals surface area contributed by atoms with Gasteiger partial charge in [0, 0.05) is 16.0 Å². The molecule has 0 amide bonds. The van der Waals surface area contributed by atoms with Gasteiger partial charge < -0.3 is 0 Å². The van der Waals surface area contributed by atoms with E-state index in [0.717, 1.165) is 38.6 Å². The molecule has 1 heterocycles. The molecular formula is C22H15ClN2. The zero-order valence-corrected chi connectivity index (χ0v) is 14.2. The van der Waals surface area contributed by atoms with Crippen molar-refractivity contribution in [3.8, 4) is 11.4 Å². The Balaban J connectivity index is 1.82. The van der Waals surface area contributed by atoms with Gasteiger partial charge >= 0.3 is 0 Å². The Kier molecular flexibility index (Phi) is 4.28. The summed E-state index contributed by atoms with van der Waals surface area (Å²) in [5.74, 6) is 0.732. The molecule has 4 rings (SSSR count). The second-order valence-electron chi connectivity index (χ2n) is 5.70. The highest BCUT2D eigenvalue weighted by molar-refractivity contribution is 6.30. The first-order valence-corrected chi connectivity index (χ1v) is 8.43. The third-order valence-electron chi connectivity index (χ3n) is 3.97. The molecule has 120 valence electrons. The van der Waals surface area contributed by atoms with Gasteiger partial charge in [0.2, 0.25) is 0 Å². The molecule has 4 aromatic rings. The van der Waals surface area contributed by atoms with Gasteiger partial charge in [0.05, 0.1) is 11.2 Å². The number of aromatic nitrogens is 2. The van der Waals surface area contributed by atoms with Crippen LogP contribution in [0.4, 0.5) is 0 Å². The molecule has 1 aromatic heterocycles. The van der Waals surface area contributed by atoms with Gasteiger partial charge in [0.1, 0.15) is 0 Å². The van der Waals surface area contributed by atoms with Crippen molar-refractivity contribution in [3.63, 3.8) is 0 Å². The smallest absolute Gasteiger partial charge is 0.160 e. The minimum absolute atomic E-state index is 0.732. The molecule has 0 aliphatic heterocycles. The SMILES string of the molecule is Clc1ccc(/C=C/c2nc(-c3ccccc3)nc3ccccc23)cc1. The lowest BCUT2D eigenvalue weighted by molar-refractivity contribution is 1.21. The van der Waals surface area contributed by atoms with Crippen molar-refractivity contribution < 1.29 is 0 Å². The molecule has 0 saturated heterocycles. The van der Waals surface area contributed by atoms with Crippen molar-refractivity contribution in [2.24, 2.45) is 0 Å². The number of benzene rings is 3. The summed E-state index contributed by atoms with van der Waals surface area (Å²) in [5.41, 5.74) is 3.93. The van der Waals surface area contributed by atoms with Gasteiger partial charge in [-0.1, -0.05) is 78.3 Å². The maximum Gasteiger partial charge on any atom is 0.160 e. The minimum Gasteiger partial charge on any atom is -0.228 e. The summed E-state index contributed by atoms with van der Waals surface area (Å²) in [7, 11) is 0. The van der Waals surface area contributed by atoms with E-state index in [2.05, 4.69) is 0 Å². The lowest BCUT2D eigenvalue weighted by Gasteiger charge is -2.06. The van der Waals surface area contributed by atoms with E-state index in [1.165, 1.54) is 0 Å². The maximum atomic E-state index is 5.95. The molecule has 0 aliphatic carbocycles. The third-order valence-corrected chi connectivity index (χ3v) is 4.22. The highest BCUT2D eigenvalue weighted by Gasteiger charge is 2.07. The molecule has 0 N–H and O–H groups in total. The van der Waals surface area contributed by atoms with E-state index in [1.807, 2.05) is 91.0 Å². The number of para-hydroxylation sites is 1. The van der Waals surface area contributed by atoms with Crippen LogP contribution in [-0.4, -0.2) is 9.97 Å². The van der Waals surface area contributed by atoms with Crippen LogP contribution in [0.3, 0.4) is 0 Å². The molecule has 0 unspecified atom stereocenters. The average molecular weight is 343 g/mol. The number of fused-ring (bicyclic) bond motifs is 1. The minimum atomic E-state index is 0.732. The number of rotatable bonds is 3. The standard InChI is InChI=1S/C22H15ClN2/c23-18-13-10-16(11-14-18)12-15-21-19-8-4-5-9-20(19)24-22(25-21)17-6-2-1-3-7-17/h1-15H/b15-12+. The van der Waals surface area contributed by atoms with Crippen LogP contribution in [0.1, 0.15) is 11.3 Å². The van der Waals surface area contributed by atoms with Gasteiger partial charge in [-0.2, -0.15) is 0 Å². The molecule has 0 radical (unpaired) electrons. The van der Waals surface area contributed by atoms with Crippen LogP contribution in [0.5, 0.6) is 0 Å². The Morgan fingerprint density at radius 3 is 2.20 bits per heavy atom. The van der Waals surface area contributed by atoms with Gasteiger partial charge in [-0.15, -0.1) is 0 Å². The molecular weight excluding hydrogens is 328 g/mol. The van der Waals surface area contributed by atoms with Gasteiger partial charge in [-0.3, -0.25) is 0 Å². The Morgan fingerprint density at radius 1 is 0.680 bits per heavy atom. The Morgan fingerprint density at radius 2 is 1.40 bits per heavy atom. The van der Waals surface area contributed by atoms with Crippen molar-refractivity contribution >= 4 is 34.7 Å². The van der Waals surface area contributed by atoms with E-state index < -0.39 is 0 Å². The van der Waals surface area contributed by atoms with E-state index >= 15 is 0 Å². The quantitative estimate of drug-likeness (QED) is 0.448. The van der Waals surface area contributed by atoms with Crippen molar-refractivity contribution in [1.82, 2.24) is 9.97 Å². The van der Waals surface area contributed by atoms with Gasteiger partial charge in [-0.05, 0) is 29.8 Å². The highest BCUT2D eigenvalue weighted by atomic mass is 35.5. The van der Waals surface area contributed by atoms with Crippen LogP contribution in [-0.2, 0) is 0 Å². The van der Waals surface area contributed by atoms with Gasteiger partial charge in [-0.25, -0.2) is 9.97 Å². The van der Waals surface area contributed by atoms with E-state index in [-0.39, 0.29) is 0 Å². The van der Waals surface area contributed by atoms with Crippen LogP contribution in [0.25, 0.3) is 34.4 Å². The van der Waals surface area contributed by atoms with E-state index in [9.17, 15) is 0 Å². The zero-order valence-electron chi connectivity index (χ0n) is 13.4. The first-order valence-electron chi connectivity index (χ1n) is 8.05. The predicted molar refractivity (Wildman–Crippen MR) is 105 cm³/mol. The predicted octanol–water partition coefficient (Wildman–Crippen LogP) is 6.12. The molecule has 25 heavy (non-hydrogen) atoms. The number of halogens is 1. The van der Waals surface area contributed by atoms with Crippen LogP contribution < -0.4 is 0 Å². The molecule has 0 spiro atoms. The highest BCUT2D eigenvalue weighted by Crippen LogP contribution is 2.23. The summed E-state index contributed by atoms with van der Waals surface area (Å²) >= 11 is 5.95. The third kappa shape index (κ3) is 3.44. The second-order valence-corrected chi connectivity index (χ2v) is 6.14. The Bertz CT molecular complexity index is 1040.